The lowest BCUT2D eigenvalue weighted by Crippen LogP contribution is -2.52. The van der Waals surface area contributed by atoms with Crippen molar-refractivity contribution in [3.8, 4) is 0 Å². The van der Waals surface area contributed by atoms with Crippen LogP contribution in [0.5, 0.6) is 0 Å². The van der Waals surface area contributed by atoms with Crippen LogP contribution in [0.3, 0.4) is 0 Å². The third kappa shape index (κ3) is 4.03. The van der Waals surface area contributed by atoms with Gasteiger partial charge in [0.2, 0.25) is 0 Å². The zero-order valence-electron chi connectivity index (χ0n) is 14.5. The molecule has 3 saturated carbocycles. The van der Waals surface area contributed by atoms with E-state index in [-0.39, 0.29) is 0 Å². The molecular formula is C20H37N. The summed E-state index contributed by atoms with van der Waals surface area (Å²) in [5.41, 5.74) is 0. The maximum Gasteiger partial charge on any atom is 0.0101 e. The predicted molar refractivity (Wildman–Crippen MR) is 91.6 cm³/mol. The van der Waals surface area contributed by atoms with E-state index in [1.54, 1.807) is 0 Å². The number of nitrogens with zero attached hydrogens (tertiary/aromatic N) is 1. The summed E-state index contributed by atoms with van der Waals surface area (Å²) in [6.45, 7) is 4.92. The second kappa shape index (κ2) is 7.49. The van der Waals surface area contributed by atoms with Gasteiger partial charge in [-0.25, -0.2) is 0 Å². The lowest BCUT2D eigenvalue weighted by atomic mass is 9.80. The topological polar surface area (TPSA) is 3.24 Å². The summed E-state index contributed by atoms with van der Waals surface area (Å²) >= 11 is 0. The molecule has 1 heteroatoms. The van der Waals surface area contributed by atoms with Gasteiger partial charge in [-0.15, -0.1) is 0 Å². The van der Waals surface area contributed by atoms with Gasteiger partial charge in [0.1, 0.15) is 0 Å². The molecule has 0 aromatic carbocycles. The van der Waals surface area contributed by atoms with Crippen molar-refractivity contribution >= 4 is 0 Å². The van der Waals surface area contributed by atoms with E-state index in [9.17, 15) is 0 Å². The van der Waals surface area contributed by atoms with Crippen LogP contribution in [0.2, 0.25) is 0 Å². The van der Waals surface area contributed by atoms with Crippen LogP contribution in [-0.4, -0.2) is 23.0 Å². The molecule has 0 spiro atoms. The molecule has 122 valence electrons. The van der Waals surface area contributed by atoms with E-state index < -0.39 is 0 Å². The van der Waals surface area contributed by atoms with Crippen LogP contribution in [0, 0.1) is 11.8 Å². The van der Waals surface area contributed by atoms with Crippen LogP contribution in [0.1, 0.15) is 97.3 Å². The Bertz CT molecular complexity index is 269. The zero-order chi connectivity index (χ0) is 14.7. The summed E-state index contributed by atoms with van der Waals surface area (Å²) in [6.07, 6.45) is 19.4. The molecule has 21 heavy (non-hydrogen) atoms. The van der Waals surface area contributed by atoms with Gasteiger partial charge in [-0.1, -0.05) is 33.1 Å². The van der Waals surface area contributed by atoms with Crippen molar-refractivity contribution in [2.45, 2.75) is 115 Å². The Morgan fingerprint density at radius 3 is 1.29 bits per heavy atom. The largest absolute Gasteiger partial charge is 0.294 e. The van der Waals surface area contributed by atoms with Crippen molar-refractivity contribution in [2.24, 2.45) is 11.8 Å². The van der Waals surface area contributed by atoms with Crippen molar-refractivity contribution in [1.29, 1.82) is 0 Å². The monoisotopic (exact) mass is 291 g/mol. The molecule has 0 radical (unpaired) electrons. The molecule has 0 bridgehead atoms. The van der Waals surface area contributed by atoms with Crippen LogP contribution in [0.15, 0.2) is 0 Å². The fourth-order valence-corrected chi connectivity index (χ4v) is 5.35. The van der Waals surface area contributed by atoms with Gasteiger partial charge < -0.3 is 0 Å². The highest BCUT2D eigenvalue weighted by atomic mass is 15.2. The SMILES string of the molecule is CC1CCC(N(C2CCCCC2)C2CCC(C)CC2)CC1. The second-order valence-corrected chi connectivity index (χ2v) is 8.57. The Kier molecular flexibility index (Phi) is 5.65. The van der Waals surface area contributed by atoms with E-state index in [0.29, 0.717) is 0 Å². The summed E-state index contributed by atoms with van der Waals surface area (Å²) in [5.74, 6) is 1.97. The molecule has 1 nitrogen and oxygen atoms in total. The third-order valence-corrected chi connectivity index (χ3v) is 6.81. The van der Waals surface area contributed by atoms with E-state index in [0.717, 1.165) is 30.0 Å². The molecule has 0 saturated heterocycles. The molecule has 0 unspecified atom stereocenters. The summed E-state index contributed by atoms with van der Waals surface area (Å²) in [5, 5.41) is 0. The Morgan fingerprint density at radius 2 is 0.857 bits per heavy atom. The molecule has 3 fully saturated rings. The fourth-order valence-electron chi connectivity index (χ4n) is 5.35. The Balaban J connectivity index is 1.67. The minimum Gasteiger partial charge on any atom is -0.294 e. The van der Waals surface area contributed by atoms with Crippen molar-refractivity contribution in [1.82, 2.24) is 4.90 Å². The van der Waals surface area contributed by atoms with Crippen molar-refractivity contribution in [3.63, 3.8) is 0 Å². The van der Waals surface area contributed by atoms with Crippen LogP contribution >= 0.6 is 0 Å². The lowest BCUT2D eigenvalue weighted by molar-refractivity contribution is 0.0116. The average molecular weight is 292 g/mol. The average Bonchev–Trinajstić information content (AvgIpc) is 2.52. The van der Waals surface area contributed by atoms with E-state index in [2.05, 4.69) is 18.7 Å². The number of hydrogen-bond donors (Lipinski definition) is 0. The highest BCUT2D eigenvalue weighted by Crippen LogP contribution is 2.37. The summed E-state index contributed by atoms with van der Waals surface area (Å²) in [6, 6.07) is 2.81. The molecule has 0 aliphatic heterocycles. The lowest BCUT2D eigenvalue weighted by Gasteiger charge is -2.48. The molecule has 0 aromatic heterocycles. The molecule has 0 heterocycles. The van der Waals surface area contributed by atoms with Crippen molar-refractivity contribution < 1.29 is 0 Å². The first-order valence-corrected chi connectivity index (χ1v) is 10.0. The van der Waals surface area contributed by atoms with Gasteiger partial charge in [0.15, 0.2) is 0 Å². The molecule has 3 aliphatic rings. The zero-order valence-corrected chi connectivity index (χ0v) is 14.5. The van der Waals surface area contributed by atoms with E-state index in [1.165, 1.54) is 83.5 Å². The Morgan fingerprint density at radius 1 is 0.476 bits per heavy atom. The molecule has 0 atom stereocenters. The molecule has 3 rings (SSSR count). The van der Waals surface area contributed by atoms with Gasteiger partial charge in [-0.05, 0) is 76.0 Å². The van der Waals surface area contributed by atoms with Crippen LogP contribution in [0.25, 0.3) is 0 Å². The first-order valence-electron chi connectivity index (χ1n) is 10.0. The van der Waals surface area contributed by atoms with Crippen LogP contribution in [0.4, 0.5) is 0 Å². The maximum atomic E-state index is 3.09. The standard InChI is InChI=1S/C20H37N/c1-16-8-12-19(13-9-16)21(18-6-4-3-5-7-18)20-14-10-17(2)11-15-20/h16-20H,3-15H2,1-2H3. The van der Waals surface area contributed by atoms with E-state index >= 15 is 0 Å². The third-order valence-electron chi connectivity index (χ3n) is 6.81. The predicted octanol–water partition coefficient (Wildman–Crippen LogP) is 5.78. The maximum absolute atomic E-state index is 3.09. The molecular weight excluding hydrogens is 254 g/mol. The summed E-state index contributed by atoms with van der Waals surface area (Å²) in [7, 11) is 0. The molecule has 0 amide bonds. The highest BCUT2D eigenvalue weighted by molar-refractivity contribution is 4.91. The smallest absolute Gasteiger partial charge is 0.0101 e. The molecule has 0 aromatic rings. The van der Waals surface area contributed by atoms with Crippen molar-refractivity contribution in [3.05, 3.63) is 0 Å². The molecule has 0 N–H and O–H groups in total. The Labute approximate surface area is 132 Å². The van der Waals surface area contributed by atoms with Gasteiger partial charge in [0.25, 0.3) is 0 Å². The van der Waals surface area contributed by atoms with E-state index in [1.807, 2.05) is 0 Å². The van der Waals surface area contributed by atoms with Crippen LogP contribution < -0.4 is 0 Å². The highest BCUT2D eigenvalue weighted by Gasteiger charge is 2.35. The van der Waals surface area contributed by atoms with Gasteiger partial charge in [0, 0.05) is 18.1 Å². The number of rotatable bonds is 3. The second-order valence-electron chi connectivity index (χ2n) is 8.57. The van der Waals surface area contributed by atoms with Gasteiger partial charge >= 0.3 is 0 Å². The minimum atomic E-state index is 0.933. The quantitative estimate of drug-likeness (QED) is 0.637. The van der Waals surface area contributed by atoms with Crippen LogP contribution in [-0.2, 0) is 0 Å². The fraction of sp³-hybridized carbons (Fsp3) is 1.00. The normalized spacial score (nSPS) is 39.6. The summed E-state index contributed by atoms with van der Waals surface area (Å²) in [4.78, 5) is 3.09. The number of hydrogen-bond acceptors (Lipinski definition) is 1. The Hall–Kier alpha value is -0.0400. The first kappa shape index (κ1) is 15.8. The van der Waals surface area contributed by atoms with Gasteiger partial charge in [-0.3, -0.25) is 4.90 Å². The molecule has 3 aliphatic carbocycles. The van der Waals surface area contributed by atoms with E-state index in [4.69, 9.17) is 0 Å². The van der Waals surface area contributed by atoms with Crippen molar-refractivity contribution in [2.75, 3.05) is 0 Å². The summed E-state index contributed by atoms with van der Waals surface area (Å²) < 4.78 is 0. The van der Waals surface area contributed by atoms with Gasteiger partial charge in [0.05, 0.1) is 0 Å². The first-order chi connectivity index (χ1) is 10.2. The van der Waals surface area contributed by atoms with Gasteiger partial charge in [-0.2, -0.15) is 0 Å². The minimum absolute atomic E-state index is 0.933.